The quantitative estimate of drug-likeness (QED) is 0.822. The number of carbonyl (C=O) groups is 1. The molecule has 1 N–H and O–H groups in total. The van der Waals surface area contributed by atoms with Gasteiger partial charge in [-0.1, -0.05) is 0 Å². The molecule has 0 saturated heterocycles. The summed E-state index contributed by atoms with van der Waals surface area (Å²) in [5.74, 6) is 1.52. The molecule has 1 aromatic heterocycles. The minimum absolute atomic E-state index is 0.0967. The van der Waals surface area contributed by atoms with Gasteiger partial charge in [0.2, 0.25) is 5.91 Å². The van der Waals surface area contributed by atoms with E-state index in [-0.39, 0.29) is 5.91 Å². The third-order valence-corrected chi connectivity index (χ3v) is 3.64. The van der Waals surface area contributed by atoms with Crippen LogP contribution in [0.3, 0.4) is 0 Å². The fraction of sp³-hybridized carbons (Fsp3) is 0.615. The number of rotatable bonds is 5. The molecule has 1 aliphatic rings. The van der Waals surface area contributed by atoms with E-state index in [1.54, 1.807) is 6.26 Å². The molecule has 1 fully saturated rings. The first-order valence-electron chi connectivity index (χ1n) is 6.17. The molecule has 1 heterocycles. The topological polar surface area (TPSA) is 42.2 Å². The first-order chi connectivity index (χ1) is 8.24. The van der Waals surface area contributed by atoms with Crippen molar-refractivity contribution >= 4 is 17.5 Å². The summed E-state index contributed by atoms with van der Waals surface area (Å²) in [5.41, 5.74) is 0. The van der Waals surface area contributed by atoms with E-state index in [0.29, 0.717) is 24.1 Å². The Hall–Kier alpha value is -0.960. The average molecular weight is 256 g/mol. The van der Waals surface area contributed by atoms with Gasteiger partial charge in [0.25, 0.3) is 0 Å². The molecular formula is C13H18ClNO2. The molecule has 0 aromatic carbocycles. The van der Waals surface area contributed by atoms with E-state index < -0.39 is 0 Å². The van der Waals surface area contributed by atoms with E-state index in [9.17, 15) is 4.79 Å². The van der Waals surface area contributed by atoms with Crippen LogP contribution in [0.5, 0.6) is 0 Å². The van der Waals surface area contributed by atoms with Gasteiger partial charge in [-0.05, 0) is 37.3 Å². The lowest BCUT2D eigenvalue weighted by molar-refractivity contribution is -0.121. The molecule has 2 rings (SSSR count). The molecule has 1 aromatic rings. The largest absolute Gasteiger partial charge is 0.469 e. The van der Waals surface area contributed by atoms with E-state index in [0.717, 1.165) is 31.6 Å². The van der Waals surface area contributed by atoms with Crippen LogP contribution in [0.1, 0.15) is 31.4 Å². The second-order valence-corrected chi connectivity index (χ2v) is 5.28. The molecule has 2 atom stereocenters. The first-order valence-corrected chi connectivity index (χ1v) is 6.61. The molecule has 4 heteroatoms. The van der Waals surface area contributed by atoms with Gasteiger partial charge >= 0.3 is 0 Å². The zero-order valence-electron chi connectivity index (χ0n) is 9.82. The maximum absolute atomic E-state index is 11.6. The zero-order chi connectivity index (χ0) is 12.1. The van der Waals surface area contributed by atoms with Crippen molar-refractivity contribution < 1.29 is 9.21 Å². The van der Waals surface area contributed by atoms with Gasteiger partial charge in [0.1, 0.15) is 5.76 Å². The van der Waals surface area contributed by atoms with Crippen molar-refractivity contribution in [3.05, 3.63) is 24.2 Å². The molecule has 0 aliphatic heterocycles. The monoisotopic (exact) mass is 255 g/mol. The number of alkyl halides is 1. The van der Waals surface area contributed by atoms with Gasteiger partial charge in [0.15, 0.2) is 0 Å². The summed E-state index contributed by atoms with van der Waals surface area (Å²) < 4.78 is 5.18. The molecule has 0 bridgehead atoms. The molecule has 1 saturated carbocycles. The highest BCUT2D eigenvalue weighted by Crippen LogP contribution is 2.28. The molecule has 94 valence electrons. The van der Waals surface area contributed by atoms with Crippen molar-refractivity contribution in [1.82, 2.24) is 5.32 Å². The van der Waals surface area contributed by atoms with E-state index in [1.165, 1.54) is 0 Å². The summed E-state index contributed by atoms with van der Waals surface area (Å²) in [6.07, 6.45) is 6.03. The van der Waals surface area contributed by atoms with Crippen LogP contribution < -0.4 is 5.32 Å². The van der Waals surface area contributed by atoms with Crippen molar-refractivity contribution in [3.63, 3.8) is 0 Å². The second-order valence-electron chi connectivity index (χ2n) is 4.66. The number of amides is 1. The van der Waals surface area contributed by atoms with E-state index in [1.807, 2.05) is 12.1 Å². The van der Waals surface area contributed by atoms with Crippen LogP contribution in [0.15, 0.2) is 22.8 Å². The molecular weight excluding hydrogens is 238 g/mol. The highest BCUT2D eigenvalue weighted by atomic mass is 35.5. The van der Waals surface area contributed by atoms with E-state index in [2.05, 4.69) is 5.32 Å². The minimum Gasteiger partial charge on any atom is -0.469 e. The van der Waals surface area contributed by atoms with Crippen molar-refractivity contribution in [1.29, 1.82) is 0 Å². The van der Waals surface area contributed by atoms with Crippen molar-refractivity contribution in [2.24, 2.45) is 5.92 Å². The van der Waals surface area contributed by atoms with E-state index in [4.69, 9.17) is 16.0 Å². The van der Waals surface area contributed by atoms with Gasteiger partial charge in [-0.25, -0.2) is 0 Å². The zero-order valence-corrected chi connectivity index (χ0v) is 10.6. The third-order valence-electron chi connectivity index (χ3n) is 3.24. The van der Waals surface area contributed by atoms with Crippen LogP contribution in [-0.4, -0.2) is 17.8 Å². The molecule has 1 amide bonds. The fourth-order valence-electron chi connectivity index (χ4n) is 2.24. The molecule has 1 aliphatic carbocycles. The summed E-state index contributed by atoms with van der Waals surface area (Å²) >= 11 is 6.03. The number of aryl methyl sites for hydroxylation is 1. The number of furan rings is 1. The maximum Gasteiger partial charge on any atom is 0.220 e. The summed E-state index contributed by atoms with van der Waals surface area (Å²) in [6.45, 7) is 0.764. The summed E-state index contributed by atoms with van der Waals surface area (Å²) in [7, 11) is 0. The van der Waals surface area contributed by atoms with E-state index >= 15 is 0 Å². The van der Waals surface area contributed by atoms with Gasteiger partial charge in [0.05, 0.1) is 6.26 Å². The smallest absolute Gasteiger partial charge is 0.220 e. The second kappa shape index (κ2) is 6.10. The van der Waals surface area contributed by atoms with Crippen molar-refractivity contribution in [3.8, 4) is 0 Å². The Morgan fingerprint density at radius 1 is 1.53 bits per heavy atom. The van der Waals surface area contributed by atoms with Crippen LogP contribution in [0.25, 0.3) is 0 Å². The lowest BCUT2D eigenvalue weighted by Crippen LogP contribution is -2.28. The van der Waals surface area contributed by atoms with Gasteiger partial charge in [-0.3, -0.25) is 4.79 Å². The Kier molecular flexibility index (Phi) is 4.49. The molecule has 17 heavy (non-hydrogen) atoms. The van der Waals surface area contributed by atoms with Gasteiger partial charge in [-0.15, -0.1) is 11.6 Å². The Balaban J connectivity index is 1.61. The lowest BCUT2D eigenvalue weighted by Gasteiger charge is -2.10. The van der Waals surface area contributed by atoms with Gasteiger partial charge in [0, 0.05) is 24.8 Å². The Bertz CT molecular complexity index is 350. The van der Waals surface area contributed by atoms with Crippen LogP contribution in [-0.2, 0) is 11.2 Å². The molecule has 0 spiro atoms. The number of hydrogen-bond acceptors (Lipinski definition) is 2. The number of hydrogen-bond donors (Lipinski definition) is 1. The Labute approximate surface area is 107 Å². The average Bonchev–Trinajstić information content (AvgIpc) is 2.95. The lowest BCUT2D eigenvalue weighted by atomic mass is 10.1. The predicted octanol–water partition coefficient (Wildman–Crippen LogP) is 2.74. The SMILES string of the molecule is O=C(CCc1ccco1)NCC1CCC(Cl)C1. The standard InChI is InChI=1S/C13H18ClNO2/c14-11-4-3-10(8-11)9-15-13(16)6-5-12-2-1-7-17-12/h1-2,7,10-11H,3-6,8-9H2,(H,15,16). The van der Waals surface area contributed by atoms with Crippen molar-refractivity contribution in [2.75, 3.05) is 6.54 Å². The number of halogens is 1. The summed E-state index contributed by atoms with van der Waals surface area (Å²) in [6, 6.07) is 3.73. The third kappa shape index (κ3) is 4.08. The molecule has 0 radical (unpaired) electrons. The summed E-state index contributed by atoms with van der Waals surface area (Å²) in [4.78, 5) is 11.6. The Morgan fingerprint density at radius 3 is 3.06 bits per heavy atom. The number of nitrogens with one attached hydrogen (secondary N) is 1. The molecule has 2 unspecified atom stereocenters. The normalized spacial score (nSPS) is 23.8. The van der Waals surface area contributed by atoms with Crippen LogP contribution in [0.2, 0.25) is 0 Å². The Morgan fingerprint density at radius 2 is 2.41 bits per heavy atom. The predicted molar refractivity (Wildman–Crippen MR) is 67.0 cm³/mol. The number of carbonyl (C=O) groups excluding carboxylic acids is 1. The van der Waals surface area contributed by atoms with Crippen LogP contribution >= 0.6 is 11.6 Å². The van der Waals surface area contributed by atoms with Gasteiger partial charge < -0.3 is 9.73 Å². The maximum atomic E-state index is 11.6. The highest BCUT2D eigenvalue weighted by molar-refractivity contribution is 6.20. The van der Waals surface area contributed by atoms with Crippen LogP contribution in [0.4, 0.5) is 0 Å². The minimum atomic E-state index is 0.0967. The summed E-state index contributed by atoms with van der Waals surface area (Å²) in [5, 5.41) is 3.27. The fourth-order valence-corrected chi connectivity index (χ4v) is 2.62. The van der Waals surface area contributed by atoms with Crippen LogP contribution in [0, 0.1) is 5.92 Å². The van der Waals surface area contributed by atoms with Gasteiger partial charge in [-0.2, -0.15) is 0 Å². The van der Waals surface area contributed by atoms with Crippen molar-refractivity contribution in [2.45, 2.75) is 37.5 Å². The highest BCUT2D eigenvalue weighted by Gasteiger charge is 2.22. The first kappa shape index (κ1) is 12.5. The molecule has 3 nitrogen and oxygen atoms in total.